The summed E-state index contributed by atoms with van der Waals surface area (Å²) in [6.45, 7) is 4.44. The van der Waals surface area contributed by atoms with E-state index in [0.717, 1.165) is 24.8 Å². The van der Waals surface area contributed by atoms with Crippen LogP contribution in [0.2, 0.25) is 0 Å². The first kappa shape index (κ1) is 27.6. The van der Waals surface area contributed by atoms with Gasteiger partial charge in [-0.2, -0.15) is 0 Å². The van der Waals surface area contributed by atoms with Crippen LogP contribution in [0.15, 0.2) is 24.3 Å². The molecule has 1 aliphatic rings. The summed E-state index contributed by atoms with van der Waals surface area (Å²) in [6.07, 6.45) is 4.85. The quantitative estimate of drug-likeness (QED) is 0.366. The molecule has 8 nitrogen and oxygen atoms in total. The summed E-state index contributed by atoms with van der Waals surface area (Å²) < 4.78 is 16.2. The SMILES string of the molecule is CCC[C@@H](CC1(C(=O)N[C@H](COCc2cccc(OC)c2)CC(=O)O)CCCC1)C(=O)OCC. The number of esters is 1. The minimum atomic E-state index is -1.01. The van der Waals surface area contributed by atoms with Crippen LogP contribution in [0, 0.1) is 11.3 Å². The fourth-order valence-corrected chi connectivity index (χ4v) is 4.74. The van der Waals surface area contributed by atoms with Crippen molar-refractivity contribution in [2.45, 2.75) is 77.9 Å². The maximum atomic E-state index is 13.5. The van der Waals surface area contributed by atoms with Gasteiger partial charge >= 0.3 is 11.9 Å². The molecule has 0 saturated heterocycles. The molecule has 1 saturated carbocycles. The summed E-state index contributed by atoms with van der Waals surface area (Å²) in [7, 11) is 1.59. The van der Waals surface area contributed by atoms with E-state index in [2.05, 4.69) is 5.32 Å². The molecular weight excluding hydrogens is 438 g/mol. The number of nitrogens with one attached hydrogen (secondary N) is 1. The number of ether oxygens (including phenoxy) is 3. The van der Waals surface area contributed by atoms with Crippen LogP contribution >= 0.6 is 0 Å². The smallest absolute Gasteiger partial charge is 0.308 e. The van der Waals surface area contributed by atoms with E-state index in [1.807, 2.05) is 31.2 Å². The monoisotopic (exact) mass is 477 g/mol. The van der Waals surface area contributed by atoms with Gasteiger partial charge in [-0.1, -0.05) is 38.3 Å². The number of methoxy groups -OCH3 is 1. The molecule has 0 aromatic heterocycles. The Morgan fingerprint density at radius 1 is 1.18 bits per heavy atom. The summed E-state index contributed by atoms with van der Waals surface area (Å²) in [5, 5.41) is 12.3. The number of aliphatic carboxylic acids is 1. The van der Waals surface area contributed by atoms with Gasteiger partial charge < -0.3 is 24.6 Å². The Morgan fingerprint density at radius 2 is 1.91 bits per heavy atom. The van der Waals surface area contributed by atoms with Gasteiger partial charge in [-0.15, -0.1) is 0 Å². The molecule has 1 aromatic rings. The topological polar surface area (TPSA) is 111 Å². The van der Waals surface area contributed by atoms with E-state index in [0.29, 0.717) is 38.0 Å². The summed E-state index contributed by atoms with van der Waals surface area (Å²) >= 11 is 0. The van der Waals surface area contributed by atoms with Gasteiger partial charge in [0.1, 0.15) is 5.75 Å². The van der Waals surface area contributed by atoms with Gasteiger partial charge in [-0.25, -0.2) is 0 Å². The first-order chi connectivity index (χ1) is 16.3. The highest BCUT2D eigenvalue weighted by Crippen LogP contribution is 2.44. The van der Waals surface area contributed by atoms with Crippen molar-refractivity contribution >= 4 is 17.8 Å². The molecule has 34 heavy (non-hydrogen) atoms. The fourth-order valence-electron chi connectivity index (χ4n) is 4.74. The lowest BCUT2D eigenvalue weighted by molar-refractivity contribution is -0.150. The largest absolute Gasteiger partial charge is 0.497 e. The van der Waals surface area contributed by atoms with Gasteiger partial charge in [0, 0.05) is 0 Å². The number of carbonyl (C=O) groups excluding carboxylic acids is 2. The van der Waals surface area contributed by atoms with Gasteiger partial charge in [0.2, 0.25) is 5.91 Å². The number of carboxylic acid groups (broad SMARTS) is 1. The van der Waals surface area contributed by atoms with Crippen LogP contribution < -0.4 is 10.1 Å². The van der Waals surface area contributed by atoms with Crippen molar-refractivity contribution in [3.05, 3.63) is 29.8 Å². The number of amides is 1. The number of benzene rings is 1. The third-order valence-electron chi connectivity index (χ3n) is 6.41. The first-order valence-electron chi connectivity index (χ1n) is 12.2. The predicted molar refractivity (Wildman–Crippen MR) is 127 cm³/mol. The second-order valence-electron chi connectivity index (χ2n) is 9.06. The lowest BCUT2D eigenvalue weighted by atomic mass is 9.75. The van der Waals surface area contributed by atoms with Crippen LogP contribution in [0.5, 0.6) is 5.75 Å². The van der Waals surface area contributed by atoms with Gasteiger partial charge in [-0.05, 0) is 50.3 Å². The molecule has 2 N–H and O–H groups in total. The summed E-state index contributed by atoms with van der Waals surface area (Å²) in [4.78, 5) is 37.4. The van der Waals surface area contributed by atoms with Crippen molar-refractivity contribution in [2.75, 3.05) is 20.3 Å². The molecule has 1 amide bonds. The van der Waals surface area contributed by atoms with Crippen molar-refractivity contribution in [3.63, 3.8) is 0 Å². The van der Waals surface area contributed by atoms with Gasteiger partial charge in [0.15, 0.2) is 0 Å². The van der Waals surface area contributed by atoms with Crippen molar-refractivity contribution in [3.8, 4) is 5.75 Å². The van der Waals surface area contributed by atoms with E-state index in [4.69, 9.17) is 14.2 Å². The van der Waals surface area contributed by atoms with E-state index < -0.39 is 17.4 Å². The lowest BCUT2D eigenvalue weighted by Gasteiger charge is -2.32. The predicted octanol–water partition coefficient (Wildman–Crippen LogP) is 4.10. The molecule has 1 aromatic carbocycles. The lowest BCUT2D eigenvalue weighted by Crippen LogP contribution is -2.48. The Hall–Kier alpha value is -2.61. The van der Waals surface area contributed by atoms with Gasteiger partial charge in [0.25, 0.3) is 0 Å². The molecular formula is C26H39NO7. The molecule has 0 spiro atoms. The van der Waals surface area contributed by atoms with E-state index in [-0.39, 0.29) is 37.4 Å². The number of rotatable bonds is 15. The Bertz CT molecular complexity index is 804. The maximum absolute atomic E-state index is 13.5. The zero-order chi connectivity index (χ0) is 25.0. The minimum absolute atomic E-state index is 0.0710. The Morgan fingerprint density at radius 3 is 2.53 bits per heavy atom. The fraction of sp³-hybridized carbons (Fsp3) is 0.654. The average Bonchev–Trinajstić information content (AvgIpc) is 3.28. The molecule has 2 atom stereocenters. The normalized spacial score (nSPS) is 16.4. The summed E-state index contributed by atoms with van der Waals surface area (Å²) in [5.41, 5.74) is 0.208. The highest BCUT2D eigenvalue weighted by Gasteiger charge is 2.44. The second kappa shape index (κ2) is 13.9. The van der Waals surface area contributed by atoms with Crippen LogP contribution in [-0.4, -0.2) is 49.3 Å². The number of carbonyl (C=O) groups is 3. The van der Waals surface area contributed by atoms with Crippen LogP contribution in [0.25, 0.3) is 0 Å². The van der Waals surface area contributed by atoms with Gasteiger partial charge in [0.05, 0.1) is 50.7 Å². The molecule has 1 aliphatic carbocycles. The zero-order valence-electron chi connectivity index (χ0n) is 20.6. The highest BCUT2D eigenvalue weighted by atomic mass is 16.5. The highest BCUT2D eigenvalue weighted by molar-refractivity contribution is 5.85. The van der Waals surface area contributed by atoms with Crippen LogP contribution in [0.4, 0.5) is 0 Å². The van der Waals surface area contributed by atoms with Crippen molar-refractivity contribution in [1.29, 1.82) is 0 Å². The van der Waals surface area contributed by atoms with Crippen molar-refractivity contribution in [1.82, 2.24) is 5.32 Å². The summed E-state index contributed by atoms with van der Waals surface area (Å²) in [5.74, 6) is -1.08. The van der Waals surface area contributed by atoms with Crippen molar-refractivity contribution < 1.29 is 33.7 Å². The minimum Gasteiger partial charge on any atom is -0.497 e. The molecule has 190 valence electrons. The molecule has 0 heterocycles. The van der Waals surface area contributed by atoms with Gasteiger partial charge in [-0.3, -0.25) is 14.4 Å². The Labute approximate surface area is 202 Å². The molecule has 1 fully saturated rings. The zero-order valence-corrected chi connectivity index (χ0v) is 20.6. The molecule has 0 radical (unpaired) electrons. The van der Waals surface area contributed by atoms with E-state index in [1.165, 1.54) is 0 Å². The number of hydrogen-bond acceptors (Lipinski definition) is 6. The third-order valence-corrected chi connectivity index (χ3v) is 6.41. The Balaban J connectivity index is 2.06. The van der Waals surface area contributed by atoms with E-state index >= 15 is 0 Å². The first-order valence-corrected chi connectivity index (χ1v) is 12.2. The van der Waals surface area contributed by atoms with E-state index in [9.17, 15) is 19.5 Å². The molecule has 0 unspecified atom stereocenters. The molecule has 8 heteroatoms. The Kier molecular flexibility index (Phi) is 11.3. The number of carboxylic acids is 1. The van der Waals surface area contributed by atoms with Crippen LogP contribution in [-0.2, 0) is 30.5 Å². The van der Waals surface area contributed by atoms with E-state index in [1.54, 1.807) is 14.0 Å². The maximum Gasteiger partial charge on any atom is 0.308 e. The van der Waals surface area contributed by atoms with Crippen LogP contribution in [0.3, 0.4) is 0 Å². The number of hydrogen-bond donors (Lipinski definition) is 2. The van der Waals surface area contributed by atoms with Crippen molar-refractivity contribution in [2.24, 2.45) is 11.3 Å². The standard InChI is InChI=1S/C26H39NO7/c1-4-9-20(24(30)34-5-2)16-26(12-6-7-13-26)25(31)27-21(15-23(28)29)18-33-17-19-10-8-11-22(14-19)32-3/h8,10-11,14,20-21H,4-7,9,12-13,15-18H2,1-3H3,(H,27,31)(H,28,29)/t20-,21-/m0/s1. The molecule has 0 aliphatic heterocycles. The summed E-state index contributed by atoms with van der Waals surface area (Å²) in [6, 6.07) is 6.76. The average molecular weight is 478 g/mol. The molecule has 0 bridgehead atoms. The molecule has 2 rings (SSSR count). The second-order valence-corrected chi connectivity index (χ2v) is 9.06. The third kappa shape index (κ3) is 8.31. The van der Waals surface area contributed by atoms with Crippen LogP contribution in [0.1, 0.15) is 70.8 Å².